The summed E-state index contributed by atoms with van der Waals surface area (Å²) in [6.45, 7) is 0. The summed E-state index contributed by atoms with van der Waals surface area (Å²) in [6.07, 6.45) is 2.19. The maximum Gasteiger partial charge on any atom is 0.323 e. The van der Waals surface area contributed by atoms with Gasteiger partial charge in [0.15, 0.2) is 0 Å². The molecule has 0 amide bonds. The maximum atomic E-state index is 10.4. The van der Waals surface area contributed by atoms with Gasteiger partial charge in [-0.2, -0.15) is 0 Å². The van der Waals surface area contributed by atoms with Gasteiger partial charge < -0.3 is 20.5 Å². The number of aromatic nitrogens is 1. The van der Waals surface area contributed by atoms with Gasteiger partial charge in [0.25, 0.3) is 0 Å². The molecule has 0 fully saturated rings. The van der Waals surface area contributed by atoms with Crippen LogP contribution in [0.25, 0.3) is 0 Å². The Bertz CT molecular complexity index is 308. The number of carboxylic acids is 1. The zero-order chi connectivity index (χ0) is 10.0. The molecule has 4 N–H and O–H groups in total. The molecule has 0 aliphatic rings. The van der Waals surface area contributed by atoms with Crippen LogP contribution >= 0.6 is 0 Å². The van der Waals surface area contributed by atoms with Crippen LogP contribution in [0.15, 0.2) is 18.5 Å². The van der Waals surface area contributed by atoms with Crippen molar-refractivity contribution in [2.45, 2.75) is 12.1 Å². The molecule has 0 saturated heterocycles. The first-order valence-corrected chi connectivity index (χ1v) is 3.80. The van der Waals surface area contributed by atoms with Crippen molar-refractivity contribution in [1.82, 2.24) is 4.57 Å². The van der Waals surface area contributed by atoms with Gasteiger partial charge in [-0.15, -0.1) is 0 Å². The van der Waals surface area contributed by atoms with Gasteiger partial charge in [0.05, 0.1) is 0 Å². The number of nitrogens with zero attached hydrogens (tertiary/aromatic N) is 1. The number of aliphatic hydroxyl groups excluding tert-OH is 1. The van der Waals surface area contributed by atoms with Crippen molar-refractivity contribution < 1.29 is 15.0 Å². The number of nitrogens with two attached hydrogens (primary N) is 1. The molecule has 2 atom stereocenters. The molecule has 1 rings (SSSR count). The van der Waals surface area contributed by atoms with Crippen LogP contribution in [-0.2, 0) is 11.8 Å². The normalized spacial score (nSPS) is 15.3. The number of rotatable bonds is 3. The second kappa shape index (κ2) is 3.59. The van der Waals surface area contributed by atoms with Gasteiger partial charge in [0.1, 0.15) is 12.1 Å². The summed E-state index contributed by atoms with van der Waals surface area (Å²) in [6, 6.07) is 0.357. The molecule has 0 bridgehead atoms. The Kier molecular flexibility index (Phi) is 2.69. The summed E-state index contributed by atoms with van der Waals surface area (Å²) >= 11 is 0. The fraction of sp³-hybridized carbons (Fsp3) is 0.375. The van der Waals surface area contributed by atoms with Crippen molar-refractivity contribution in [3.63, 3.8) is 0 Å². The fourth-order valence-corrected chi connectivity index (χ4v) is 1.04. The number of aryl methyl sites for hydroxylation is 1. The molecule has 1 aromatic heterocycles. The van der Waals surface area contributed by atoms with Gasteiger partial charge in [-0.25, -0.2) is 0 Å². The van der Waals surface area contributed by atoms with Gasteiger partial charge in [-0.1, -0.05) is 0 Å². The Morgan fingerprint density at radius 1 is 1.69 bits per heavy atom. The molecule has 1 heterocycles. The maximum absolute atomic E-state index is 10.4. The molecular formula is C8H12N2O3. The standard InChI is InChI=1S/C8H12N2O3/c1-10-3-2-5(4-10)7(11)6(9)8(12)13/h2-4,6-7,11H,9H2,1H3,(H,12,13). The van der Waals surface area contributed by atoms with Gasteiger partial charge in [0, 0.05) is 25.0 Å². The largest absolute Gasteiger partial charge is 0.480 e. The molecule has 13 heavy (non-hydrogen) atoms. The average molecular weight is 184 g/mol. The SMILES string of the molecule is Cn1ccc(C(O)C(N)C(=O)O)c1. The Labute approximate surface area is 75.4 Å². The van der Waals surface area contributed by atoms with E-state index in [1.165, 1.54) is 0 Å². The highest BCUT2D eigenvalue weighted by Crippen LogP contribution is 2.15. The second-order valence-electron chi connectivity index (χ2n) is 2.92. The number of hydrogen-bond donors (Lipinski definition) is 3. The van der Waals surface area contributed by atoms with E-state index in [0.29, 0.717) is 5.56 Å². The van der Waals surface area contributed by atoms with E-state index in [-0.39, 0.29) is 0 Å². The lowest BCUT2D eigenvalue weighted by Crippen LogP contribution is -2.36. The van der Waals surface area contributed by atoms with Crippen molar-refractivity contribution in [1.29, 1.82) is 0 Å². The third-order valence-electron chi connectivity index (χ3n) is 1.82. The highest BCUT2D eigenvalue weighted by atomic mass is 16.4. The van der Waals surface area contributed by atoms with Crippen molar-refractivity contribution in [3.8, 4) is 0 Å². The number of carboxylic acid groups (broad SMARTS) is 1. The minimum absolute atomic E-state index is 0.511. The summed E-state index contributed by atoms with van der Waals surface area (Å²) in [5, 5.41) is 18.0. The Morgan fingerprint density at radius 3 is 2.69 bits per heavy atom. The Balaban J connectivity index is 2.78. The molecule has 0 aliphatic carbocycles. The monoisotopic (exact) mass is 184 g/mol. The minimum Gasteiger partial charge on any atom is -0.480 e. The van der Waals surface area contributed by atoms with Crippen molar-refractivity contribution >= 4 is 5.97 Å². The molecule has 2 unspecified atom stereocenters. The smallest absolute Gasteiger partial charge is 0.323 e. The van der Waals surface area contributed by atoms with Crippen LogP contribution < -0.4 is 5.73 Å². The zero-order valence-corrected chi connectivity index (χ0v) is 7.21. The molecule has 0 radical (unpaired) electrons. The van der Waals surface area contributed by atoms with Gasteiger partial charge in [-0.05, 0) is 6.07 Å². The molecular weight excluding hydrogens is 172 g/mol. The third-order valence-corrected chi connectivity index (χ3v) is 1.82. The van der Waals surface area contributed by atoms with Crippen molar-refractivity contribution in [3.05, 3.63) is 24.0 Å². The van der Waals surface area contributed by atoms with Crippen LogP contribution in [0.3, 0.4) is 0 Å². The number of aliphatic hydroxyl groups is 1. The van der Waals surface area contributed by atoms with Crippen molar-refractivity contribution in [2.75, 3.05) is 0 Å². The van der Waals surface area contributed by atoms with E-state index in [2.05, 4.69) is 0 Å². The van der Waals surface area contributed by atoms with E-state index >= 15 is 0 Å². The molecule has 0 aliphatic heterocycles. The third kappa shape index (κ3) is 2.07. The van der Waals surface area contributed by atoms with E-state index in [1.807, 2.05) is 0 Å². The molecule has 0 aromatic carbocycles. The topological polar surface area (TPSA) is 88.5 Å². The zero-order valence-electron chi connectivity index (χ0n) is 7.21. The number of hydrogen-bond acceptors (Lipinski definition) is 3. The highest BCUT2D eigenvalue weighted by molar-refractivity contribution is 5.74. The highest BCUT2D eigenvalue weighted by Gasteiger charge is 2.23. The van der Waals surface area contributed by atoms with Crippen LogP contribution in [-0.4, -0.2) is 26.8 Å². The lowest BCUT2D eigenvalue weighted by atomic mass is 10.1. The van der Waals surface area contributed by atoms with Gasteiger partial charge in [-0.3, -0.25) is 4.79 Å². The molecule has 1 aromatic rings. The van der Waals surface area contributed by atoms with Crippen LogP contribution in [0.1, 0.15) is 11.7 Å². The summed E-state index contributed by atoms with van der Waals surface area (Å²) in [5.41, 5.74) is 5.75. The Hall–Kier alpha value is -1.33. The molecule has 5 nitrogen and oxygen atoms in total. The van der Waals surface area contributed by atoms with E-state index < -0.39 is 18.1 Å². The van der Waals surface area contributed by atoms with Crippen LogP contribution in [0, 0.1) is 0 Å². The summed E-state index contributed by atoms with van der Waals surface area (Å²) < 4.78 is 1.72. The van der Waals surface area contributed by atoms with Crippen LogP contribution in [0.2, 0.25) is 0 Å². The predicted octanol–water partition coefficient (Wildman–Crippen LogP) is -0.530. The van der Waals surface area contributed by atoms with Gasteiger partial charge >= 0.3 is 5.97 Å². The number of carbonyl (C=O) groups is 1. The molecule has 0 saturated carbocycles. The minimum atomic E-state index is -1.28. The molecule has 5 heteroatoms. The van der Waals surface area contributed by atoms with E-state index in [1.54, 1.807) is 30.1 Å². The van der Waals surface area contributed by atoms with E-state index in [9.17, 15) is 9.90 Å². The van der Waals surface area contributed by atoms with Gasteiger partial charge in [0.2, 0.25) is 0 Å². The van der Waals surface area contributed by atoms with E-state index in [4.69, 9.17) is 10.8 Å². The first-order valence-electron chi connectivity index (χ1n) is 3.80. The van der Waals surface area contributed by atoms with E-state index in [0.717, 1.165) is 0 Å². The summed E-state index contributed by atoms with van der Waals surface area (Å²) in [4.78, 5) is 10.4. The van der Waals surface area contributed by atoms with Crippen LogP contribution in [0.4, 0.5) is 0 Å². The number of aliphatic carboxylic acids is 1. The molecule has 72 valence electrons. The second-order valence-corrected chi connectivity index (χ2v) is 2.92. The summed E-state index contributed by atoms with van der Waals surface area (Å²) in [5.74, 6) is -1.21. The average Bonchev–Trinajstić information content (AvgIpc) is 2.49. The predicted molar refractivity (Wildman–Crippen MR) is 46.0 cm³/mol. The fourth-order valence-electron chi connectivity index (χ4n) is 1.04. The Morgan fingerprint density at radius 2 is 2.31 bits per heavy atom. The first-order chi connectivity index (χ1) is 6.02. The first kappa shape index (κ1) is 9.76. The molecule has 0 spiro atoms. The quantitative estimate of drug-likeness (QED) is 0.589. The lowest BCUT2D eigenvalue weighted by Gasteiger charge is -2.12. The van der Waals surface area contributed by atoms with Crippen LogP contribution in [0.5, 0.6) is 0 Å². The summed E-state index contributed by atoms with van der Waals surface area (Å²) in [7, 11) is 1.78. The van der Waals surface area contributed by atoms with Crippen molar-refractivity contribution in [2.24, 2.45) is 12.8 Å². The lowest BCUT2D eigenvalue weighted by molar-refractivity contribution is -0.141.